The van der Waals surface area contributed by atoms with Crippen LogP contribution in [0.4, 0.5) is 0 Å². The lowest BCUT2D eigenvalue weighted by molar-refractivity contribution is 0.142. The summed E-state index contributed by atoms with van der Waals surface area (Å²) in [6.45, 7) is 4.41. The van der Waals surface area contributed by atoms with Crippen molar-refractivity contribution in [2.24, 2.45) is 5.73 Å². The molecule has 0 aromatic carbocycles. The van der Waals surface area contributed by atoms with Crippen molar-refractivity contribution in [3.8, 4) is 0 Å². The van der Waals surface area contributed by atoms with E-state index in [1.165, 1.54) is 11.3 Å². The molecule has 0 radical (unpaired) electrons. The molecule has 2 unspecified atom stereocenters. The standard InChI is InChI=1S/C14H23N3/c1-14(2,17(3)4)13(15)11-8-7-10-6-5-9-16-12(10)11/h5-6,9,11,13H,7-8,15H2,1-4H3. The molecule has 1 heterocycles. The molecule has 0 fully saturated rings. The maximum Gasteiger partial charge on any atom is 0.0482 e. The number of aryl methyl sites for hydroxylation is 1. The minimum absolute atomic E-state index is 0.0101. The summed E-state index contributed by atoms with van der Waals surface area (Å²) in [4.78, 5) is 6.74. The van der Waals surface area contributed by atoms with Crippen LogP contribution in [0.2, 0.25) is 0 Å². The van der Waals surface area contributed by atoms with Crippen LogP contribution in [0.25, 0.3) is 0 Å². The van der Waals surface area contributed by atoms with Gasteiger partial charge in [0.15, 0.2) is 0 Å². The average molecular weight is 233 g/mol. The lowest BCUT2D eigenvalue weighted by atomic mass is 9.82. The molecule has 94 valence electrons. The van der Waals surface area contributed by atoms with E-state index in [2.05, 4.69) is 43.9 Å². The van der Waals surface area contributed by atoms with E-state index in [4.69, 9.17) is 5.73 Å². The van der Waals surface area contributed by atoms with E-state index < -0.39 is 0 Å². The van der Waals surface area contributed by atoms with Gasteiger partial charge in [0.1, 0.15) is 0 Å². The molecule has 0 bridgehead atoms. The summed E-state index contributed by atoms with van der Waals surface area (Å²) in [6.07, 6.45) is 4.13. The van der Waals surface area contributed by atoms with Crippen LogP contribution in [0.5, 0.6) is 0 Å². The Balaban J connectivity index is 2.26. The van der Waals surface area contributed by atoms with E-state index in [-0.39, 0.29) is 11.6 Å². The first-order valence-corrected chi connectivity index (χ1v) is 6.31. The first kappa shape index (κ1) is 12.5. The number of nitrogens with zero attached hydrogens (tertiary/aromatic N) is 2. The van der Waals surface area contributed by atoms with Gasteiger partial charge in [-0.15, -0.1) is 0 Å². The zero-order valence-electron chi connectivity index (χ0n) is 11.3. The maximum absolute atomic E-state index is 6.49. The van der Waals surface area contributed by atoms with E-state index >= 15 is 0 Å². The Labute approximate surface area is 104 Å². The summed E-state index contributed by atoms with van der Waals surface area (Å²) in [5.41, 5.74) is 9.08. The third kappa shape index (κ3) is 2.09. The van der Waals surface area contributed by atoms with Crippen LogP contribution in [0.3, 0.4) is 0 Å². The lowest BCUT2D eigenvalue weighted by Crippen LogP contribution is -2.55. The van der Waals surface area contributed by atoms with Gasteiger partial charge >= 0.3 is 0 Å². The van der Waals surface area contributed by atoms with Gasteiger partial charge in [0, 0.05) is 29.4 Å². The van der Waals surface area contributed by atoms with Gasteiger partial charge in [-0.3, -0.25) is 4.98 Å². The predicted octanol–water partition coefficient (Wildman–Crippen LogP) is 1.78. The van der Waals surface area contributed by atoms with E-state index in [1.807, 2.05) is 12.3 Å². The zero-order valence-corrected chi connectivity index (χ0v) is 11.3. The lowest BCUT2D eigenvalue weighted by Gasteiger charge is -2.41. The second-order valence-corrected chi connectivity index (χ2v) is 5.77. The van der Waals surface area contributed by atoms with Gasteiger partial charge in [-0.05, 0) is 52.4 Å². The predicted molar refractivity (Wildman–Crippen MR) is 71.0 cm³/mol. The largest absolute Gasteiger partial charge is 0.326 e. The molecule has 1 aliphatic carbocycles. The Hall–Kier alpha value is -0.930. The van der Waals surface area contributed by atoms with Crippen molar-refractivity contribution in [1.29, 1.82) is 0 Å². The highest BCUT2D eigenvalue weighted by atomic mass is 15.2. The molecule has 3 heteroatoms. The third-order valence-electron chi connectivity index (χ3n) is 4.40. The Bertz CT molecular complexity index is 398. The summed E-state index contributed by atoms with van der Waals surface area (Å²) in [7, 11) is 4.18. The second kappa shape index (κ2) is 4.39. The highest BCUT2D eigenvalue weighted by molar-refractivity contribution is 5.30. The van der Waals surface area contributed by atoms with Gasteiger partial charge in [-0.2, -0.15) is 0 Å². The molecule has 2 atom stereocenters. The summed E-state index contributed by atoms with van der Waals surface area (Å²) in [5, 5.41) is 0. The highest BCUT2D eigenvalue weighted by Crippen LogP contribution is 2.37. The minimum Gasteiger partial charge on any atom is -0.326 e. The fraction of sp³-hybridized carbons (Fsp3) is 0.643. The van der Waals surface area contributed by atoms with Crippen molar-refractivity contribution < 1.29 is 0 Å². The van der Waals surface area contributed by atoms with E-state index in [1.54, 1.807) is 0 Å². The SMILES string of the molecule is CN(C)C(C)(C)C(N)C1CCc2cccnc21. The number of aromatic nitrogens is 1. The summed E-state index contributed by atoms with van der Waals surface area (Å²) < 4.78 is 0. The van der Waals surface area contributed by atoms with Crippen molar-refractivity contribution in [2.75, 3.05) is 14.1 Å². The molecule has 3 nitrogen and oxygen atoms in total. The van der Waals surface area contributed by atoms with Gasteiger partial charge in [0.25, 0.3) is 0 Å². The van der Waals surface area contributed by atoms with Crippen molar-refractivity contribution >= 4 is 0 Å². The molecule has 0 saturated carbocycles. The van der Waals surface area contributed by atoms with Crippen LogP contribution in [0.1, 0.15) is 37.4 Å². The smallest absolute Gasteiger partial charge is 0.0482 e. The number of rotatable bonds is 3. The van der Waals surface area contributed by atoms with Crippen molar-refractivity contribution in [2.45, 2.75) is 44.2 Å². The first-order valence-electron chi connectivity index (χ1n) is 6.31. The van der Waals surface area contributed by atoms with Gasteiger partial charge in [-0.1, -0.05) is 6.07 Å². The molecule has 1 aliphatic rings. The quantitative estimate of drug-likeness (QED) is 0.865. The van der Waals surface area contributed by atoms with Crippen LogP contribution >= 0.6 is 0 Å². The van der Waals surface area contributed by atoms with Crippen molar-refractivity contribution in [1.82, 2.24) is 9.88 Å². The Morgan fingerprint density at radius 2 is 2.18 bits per heavy atom. The number of likely N-dealkylation sites (N-methyl/N-ethyl adjacent to an activating group) is 1. The molecular formula is C14H23N3. The Morgan fingerprint density at radius 3 is 2.82 bits per heavy atom. The summed E-state index contributed by atoms with van der Waals surface area (Å²) >= 11 is 0. The summed E-state index contributed by atoms with van der Waals surface area (Å²) in [6, 6.07) is 4.32. The van der Waals surface area contributed by atoms with Gasteiger partial charge in [0.2, 0.25) is 0 Å². The van der Waals surface area contributed by atoms with E-state index in [0.29, 0.717) is 5.92 Å². The normalized spacial score (nSPS) is 21.6. The van der Waals surface area contributed by atoms with Gasteiger partial charge in [-0.25, -0.2) is 0 Å². The van der Waals surface area contributed by atoms with Crippen LogP contribution < -0.4 is 5.73 Å². The highest BCUT2D eigenvalue weighted by Gasteiger charge is 2.38. The van der Waals surface area contributed by atoms with Gasteiger partial charge in [0.05, 0.1) is 0 Å². The van der Waals surface area contributed by atoms with Crippen molar-refractivity contribution in [3.05, 3.63) is 29.6 Å². The van der Waals surface area contributed by atoms with Crippen LogP contribution in [0.15, 0.2) is 18.3 Å². The van der Waals surface area contributed by atoms with Crippen LogP contribution in [-0.4, -0.2) is 35.6 Å². The molecule has 1 aromatic heterocycles. The number of hydrogen-bond acceptors (Lipinski definition) is 3. The first-order chi connectivity index (χ1) is 7.94. The number of pyridine rings is 1. The molecule has 0 amide bonds. The Morgan fingerprint density at radius 1 is 1.47 bits per heavy atom. The van der Waals surface area contributed by atoms with E-state index in [9.17, 15) is 0 Å². The second-order valence-electron chi connectivity index (χ2n) is 5.77. The van der Waals surface area contributed by atoms with E-state index in [0.717, 1.165) is 12.8 Å². The fourth-order valence-electron chi connectivity index (χ4n) is 2.58. The monoisotopic (exact) mass is 233 g/mol. The minimum atomic E-state index is -0.0101. The Kier molecular flexibility index (Phi) is 3.23. The zero-order chi connectivity index (χ0) is 12.6. The average Bonchev–Trinajstić information content (AvgIpc) is 2.71. The maximum atomic E-state index is 6.49. The molecule has 1 aromatic rings. The van der Waals surface area contributed by atoms with Crippen LogP contribution in [0, 0.1) is 0 Å². The third-order valence-corrected chi connectivity index (χ3v) is 4.40. The molecule has 17 heavy (non-hydrogen) atoms. The number of nitrogens with two attached hydrogens (primary N) is 1. The molecule has 2 rings (SSSR count). The molecule has 0 spiro atoms. The molecular weight excluding hydrogens is 210 g/mol. The fourth-order valence-corrected chi connectivity index (χ4v) is 2.58. The number of hydrogen-bond donors (Lipinski definition) is 1. The topological polar surface area (TPSA) is 42.1 Å². The van der Waals surface area contributed by atoms with Gasteiger partial charge < -0.3 is 10.6 Å². The molecule has 0 aliphatic heterocycles. The molecule has 2 N–H and O–H groups in total. The molecule has 0 saturated heterocycles. The number of fused-ring (bicyclic) bond motifs is 1. The van der Waals surface area contributed by atoms with Crippen LogP contribution in [-0.2, 0) is 6.42 Å². The summed E-state index contributed by atoms with van der Waals surface area (Å²) in [5.74, 6) is 0.392. The van der Waals surface area contributed by atoms with Crippen molar-refractivity contribution in [3.63, 3.8) is 0 Å².